The van der Waals surface area contributed by atoms with E-state index in [4.69, 9.17) is 5.10 Å². The summed E-state index contributed by atoms with van der Waals surface area (Å²) in [5.74, 6) is -0.0839. The van der Waals surface area contributed by atoms with Crippen molar-refractivity contribution >= 4 is 22.9 Å². The van der Waals surface area contributed by atoms with Gasteiger partial charge in [0.15, 0.2) is 5.65 Å². The standard InChI is InChI=1S/C27H28N6O3/c1-27(2,3)23-17-24-28-18-22(25(32(24)29-23)19-7-5-4-6-8-19)26(34)31-15-13-30(14-16-31)20-9-11-21(12-10-20)33(35)36/h4-12,17-18H,13-16H2,1-3H3. The molecule has 0 saturated carbocycles. The van der Waals surface area contributed by atoms with Gasteiger partial charge in [-0.15, -0.1) is 0 Å². The summed E-state index contributed by atoms with van der Waals surface area (Å²) in [4.78, 5) is 32.9. The summed E-state index contributed by atoms with van der Waals surface area (Å²) in [7, 11) is 0. The molecule has 5 rings (SSSR count). The molecule has 184 valence electrons. The van der Waals surface area contributed by atoms with Crippen molar-refractivity contribution < 1.29 is 9.72 Å². The first kappa shape index (κ1) is 23.5. The van der Waals surface area contributed by atoms with E-state index >= 15 is 0 Å². The average Bonchev–Trinajstić information content (AvgIpc) is 3.34. The Bertz CT molecular complexity index is 1420. The van der Waals surface area contributed by atoms with Gasteiger partial charge < -0.3 is 9.80 Å². The van der Waals surface area contributed by atoms with Crippen molar-refractivity contribution in [3.63, 3.8) is 0 Å². The van der Waals surface area contributed by atoms with Gasteiger partial charge in [0.25, 0.3) is 11.6 Å². The number of hydrogen-bond acceptors (Lipinski definition) is 6. The molecule has 1 aliphatic rings. The number of benzene rings is 2. The molecule has 0 atom stereocenters. The second-order valence-corrected chi connectivity index (χ2v) is 9.99. The van der Waals surface area contributed by atoms with Gasteiger partial charge in [-0.05, 0) is 12.1 Å². The molecule has 1 aliphatic heterocycles. The van der Waals surface area contributed by atoms with Crippen LogP contribution in [0.2, 0.25) is 0 Å². The number of nitrogens with zero attached hydrogens (tertiary/aromatic N) is 6. The molecule has 0 aliphatic carbocycles. The van der Waals surface area contributed by atoms with E-state index in [0.717, 1.165) is 22.6 Å². The van der Waals surface area contributed by atoms with Crippen LogP contribution in [0.25, 0.3) is 16.9 Å². The van der Waals surface area contributed by atoms with E-state index in [1.54, 1.807) is 22.8 Å². The van der Waals surface area contributed by atoms with Gasteiger partial charge in [-0.1, -0.05) is 51.1 Å². The minimum atomic E-state index is -0.403. The molecular weight excluding hydrogens is 456 g/mol. The first-order chi connectivity index (χ1) is 17.2. The van der Waals surface area contributed by atoms with Crippen LogP contribution < -0.4 is 4.90 Å². The number of anilines is 1. The molecule has 0 N–H and O–H groups in total. The Morgan fingerprint density at radius 3 is 2.25 bits per heavy atom. The predicted molar refractivity (Wildman–Crippen MR) is 138 cm³/mol. The SMILES string of the molecule is CC(C)(C)c1cc2ncc(C(=O)N3CCN(c4ccc([N+](=O)[O-])cc4)CC3)c(-c3ccccc3)n2n1. The van der Waals surface area contributed by atoms with Crippen LogP contribution in [-0.2, 0) is 5.41 Å². The van der Waals surface area contributed by atoms with Crippen molar-refractivity contribution in [3.05, 3.63) is 88.2 Å². The zero-order valence-electron chi connectivity index (χ0n) is 20.6. The third-order valence-corrected chi connectivity index (χ3v) is 6.52. The lowest BCUT2D eigenvalue weighted by molar-refractivity contribution is -0.384. The summed E-state index contributed by atoms with van der Waals surface area (Å²) in [5, 5.41) is 15.8. The number of piperazine rings is 1. The summed E-state index contributed by atoms with van der Waals surface area (Å²) < 4.78 is 1.79. The van der Waals surface area contributed by atoms with E-state index in [1.807, 2.05) is 41.3 Å². The van der Waals surface area contributed by atoms with Crippen molar-refractivity contribution in [2.24, 2.45) is 0 Å². The number of carbonyl (C=O) groups is 1. The first-order valence-electron chi connectivity index (χ1n) is 12.0. The van der Waals surface area contributed by atoms with Crippen molar-refractivity contribution in [2.75, 3.05) is 31.1 Å². The summed E-state index contributed by atoms with van der Waals surface area (Å²) in [5.41, 5.74) is 4.59. The predicted octanol–water partition coefficient (Wildman–Crippen LogP) is 4.56. The molecule has 0 radical (unpaired) electrons. The highest BCUT2D eigenvalue weighted by Gasteiger charge is 2.28. The first-order valence-corrected chi connectivity index (χ1v) is 12.0. The maximum atomic E-state index is 13.8. The molecule has 2 aromatic carbocycles. The van der Waals surface area contributed by atoms with Crippen LogP contribution in [-0.4, -0.2) is 56.5 Å². The zero-order chi connectivity index (χ0) is 25.4. The molecule has 9 heteroatoms. The van der Waals surface area contributed by atoms with Gasteiger partial charge in [-0.25, -0.2) is 9.50 Å². The molecule has 36 heavy (non-hydrogen) atoms. The Hall–Kier alpha value is -4.27. The largest absolute Gasteiger partial charge is 0.368 e. The fourth-order valence-electron chi connectivity index (χ4n) is 4.45. The van der Waals surface area contributed by atoms with Gasteiger partial charge in [0.2, 0.25) is 0 Å². The number of amides is 1. The van der Waals surface area contributed by atoms with Gasteiger partial charge in [0.05, 0.1) is 21.9 Å². The quantitative estimate of drug-likeness (QED) is 0.311. The Kier molecular flexibility index (Phi) is 5.91. The Morgan fingerprint density at radius 2 is 1.64 bits per heavy atom. The number of nitro benzene ring substituents is 1. The lowest BCUT2D eigenvalue weighted by Crippen LogP contribution is -2.49. The van der Waals surface area contributed by atoms with Crippen molar-refractivity contribution in [1.29, 1.82) is 0 Å². The van der Waals surface area contributed by atoms with E-state index in [0.29, 0.717) is 37.4 Å². The second-order valence-electron chi connectivity index (χ2n) is 9.99. The van der Waals surface area contributed by atoms with Crippen molar-refractivity contribution in [3.8, 4) is 11.3 Å². The molecule has 0 bridgehead atoms. The molecule has 1 amide bonds. The van der Waals surface area contributed by atoms with Crippen LogP contribution in [0.15, 0.2) is 66.9 Å². The maximum Gasteiger partial charge on any atom is 0.269 e. The highest BCUT2D eigenvalue weighted by atomic mass is 16.6. The number of carbonyl (C=O) groups excluding carboxylic acids is 1. The average molecular weight is 485 g/mol. The summed E-state index contributed by atoms with van der Waals surface area (Å²) >= 11 is 0. The van der Waals surface area contributed by atoms with E-state index in [2.05, 4.69) is 30.7 Å². The van der Waals surface area contributed by atoms with Crippen LogP contribution in [0, 0.1) is 10.1 Å². The Balaban J connectivity index is 1.44. The van der Waals surface area contributed by atoms with Crippen LogP contribution in [0.4, 0.5) is 11.4 Å². The molecule has 0 unspecified atom stereocenters. The maximum absolute atomic E-state index is 13.8. The normalized spacial score (nSPS) is 14.3. The molecule has 9 nitrogen and oxygen atoms in total. The van der Waals surface area contributed by atoms with Gasteiger partial charge in [0.1, 0.15) is 0 Å². The number of non-ortho nitro benzene ring substituents is 1. The smallest absolute Gasteiger partial charge is 0.269 e. The van der Waals surface area contributed by atoms with Gasteiger partial charge in [-0.3, -0.25) is 14.9 Å². The zero-order valence-corrected chi connectivity index (χ0v) is 20.6. The van der Waals surface area contributed by atoms with E-state index in [1.165, 1.54) is 12.1 Å². The van der Waals surface area contributed by atoms with Gasteiger partial charge >= 0.3 is 0 Å². The highest BCUT2D eigenvalue weighted by molar-refractivity contribution is 6.00. The number of fused-ring (bicyclic) bond motifs is 1. The van der Waals surface area contributed by atoms with Crippen LogP contribution in [0.1, 0.15) is 36.8 Å². The topological polar surface area (TPSA) is 96.9 Å². The number of aromatic nitrogens is 3. The third-order valence-electron chi connectivity index (χ3n) is 6.52. The molecule has 2 aromatic heterocycles. The lowest BCUT2D eigenvalue weighted by atomic mass is 9.93. The lowest BCUT2D eigenvalue weighted by Gasteiger charge is -2.36. The molecule has 3 heterocycles. The number of nitro groups is 1. The van der Waals surface area contributed by atoms with Gasteiger partial charge in [-0.2, -0.15) is 5.10 Å². The Morgan fingerprint density at radius 1 is 0.972 bits per heavy atom. The minimum Gasteiger partial charge on any atom is -0.368 e. The summed E-state index contributed by atoms with van der Waals surface area (Å²) in [6.45, 7) is 8.66. The summed E-state index contributed by atoms with van der Waals surface area (Å²) in [6, 6.07) is 18.3. The molecule has 1 saturated heterocycles. The van der Waals surface area contributed by atoms with Crippen LogP contribution >= 0.6 is 0 Å². The van der Waals surface area contributed by atoms with Crippen LogP contribution in [0.3, 0.4) is 0 Å². The second kappa shape index (κ2) is 9.07. The van der Waals surface area contributed by atoms with E-state index in [-0.39, 0.29) is 17.0 Å². The van der Waals surface area contributed by atoms with Crippen molar-refractivity contribution in [2.45, 2.75) is 26.2 Å². The van der Waals surface area contributed by atoms with Crippen molar-refractivity contribution in [1.82, 2.24) is 19.5 Å². The third kappa shape index (κ3) is 4.39. The van der Waals surface area contributed by atoms with Crippen LogP contribution in [0.5, 0.6) is 0 Å². The summed E-state index contributed by atoms with van der Waals surface area (Å²) in [6.07, 6.45) is 1.66. The highest BCUT2D eigenvalue weighted by Crippen LogP contribution is 2.29. The molecular formula is C27H28N6O3. The minimum absolute atomic E-state index is 0.0668. The molecule has 0 spiro atoms. The number of rotatable bonds is 4. The monoisotopic (exact) mass is 484 g/mol. The fourth-order valence-corrected chi connectivity index (χ4v) is 4.45. The van der Waals surface area contributed by atoms with E-state index < -0.39 is 4.92 Å². The Labute approximate surface area is 209 Å². The van der Waals surface area contributed by atoms with E-state index in [9.17, 15) is 14.9 Å². The molecule has 4 aromatic rings. The number of hydrogen-bond donors (Lipinski definition) is 0. The fraction of sp³-hybridized carbons (Fsp3) is 0.296. The van der Waals surface area contributed by atoms with Gasteiger partial charge in [0, 0.05) is 67.2 Å². The molecule has 1 fully saturated rings.